The highest BCUT2D eigenvalue weighted by Crippen LogP contribution is 2.33. The van der Waals surface area contributed by atoms with E-state index in [-0.39, 0.29) is 18.9 Å². The van der Waals surface area contributed by atoms with Crippen LogP contribution in [0.15, 0.2) is 60.8 Å². The first-order valence-corrected chi connectivity index (χ1v) is 34.5. The molecule has 0 spiro atoms. The van der Waals surface area contributed by atoms with Crippen molar-refractivity contribution in [3.05, 3.63) is 60.8 Å². The summed E-state index contributed by atoms with van der Waals surface area (Å²) in [6.45, 7) is 1.67. The quantitative estimate of drug-likeness (QED) is 0.0200. The number of nitrogens with one attached hydrogen (secondary N) is 1. The molecule has 19 heteroatoms. The molecule has 17 unspecified atom stereocenters. The van der Waals surface area contributed by atoms with E-state index in [0.717, 1.165) is 77.0 Å². The smallest absolute Gasteiger partial charge is 0.220 e. The Kier molecular flexibility index (Phi) is 46.2. The van der Waals surface area contributed by atoms with E-state index in [0.29, 0.717) is 12.8 Å². The minimum atomic E-state index is -1.97. The van der Waals surface area contributed by atoms with Gasteiger partial charge in [-0.2, -0.15) is 0 Å². The van der Waals surface area contributed by atoms with Crippen molar-refractivity contribution in [2.45, 2.75) is 343 Å². The molecule has 3 aliphatic heterocycles. The molecule has 0 aromatic heterocycles. The molecule has 0 aliphatic carbocycles. The van der Waals surface area contributed by atoms with E-state index in [9.17, 15) is 61.0 Å². The molecule has 19 nitrogen and oxygen atoms in total. The molecule has 0 saturated carbocycles. The average molecular weight is 1250 g/mol. The SMILES string of the molecule is CC/C=C\C/C=C\C/C=C\C/C=C\C/C=C\CCCCCCCCCCCCCCCCCC(=O)NC(COC1OC(CO)C(OC2OC(CO)C(OC3OC(CO)C(O)C(O)C3O)C(O)C2O)C(O)C1O)C(O)CCCCCCCCCCCCCC. The molecule has 0 aromatic rings. The van der Waals surface area contributed by atoms with Gasteiger partial charge < -0.3 is 89.9 Å². The Labute approximate surface area is 528 Å². The highest BCUT2D eigenvalue weighted by atomic mass is 16.8. The van der Waals surface area contributed by atoms with Crippen LogP contribution in [0, 0.1) is 0 Å². The number of aliphatic hydroxyl groups is 11. The van der Waals surface area contributed by atoms with Crippen molar-refractivity contribution in [3.63, 3.8) is 0 Å². The molecule has 3 heterocycles. The second-order valence-corrected chi connectivity index (χ2v) is 24.6. The summed E-state index contributed by atoms with van der Waals surface area (Å²) in [6, 6.07) is -0.888. The molecule has 512 valence electrons. The Balaban J connectivity index is 1.36. The standard InChI is InChI=1S/C69H123NO18/c1-3-5-7-9-11-13-15-17-18-19-20-21-22-23-24-25-26-27-28-29-30-31-32-33-34-35-37-39-41-43-45-47-57(75)70-52(53(74)46-44-42-40-38-36-16-14-12-10-8-6-4-2)51-83-67-63(81)60(78)65(55(49-72)85-67)88-69-64(82)61(79)66(56(50-73)86-69)87-68-62(80)59(77)58(76)54(48-71)84-68/h5,7,11,13,17-18,20-21,23-24,52-56,58-69,71-74,76-82H,3-4,6,8-10,12,14-16,19,22,25-51H2,1-2H3,(H,70,75)/b7-5-,13-11-,18-17-,21-20-,24-23-. The van der Waals surface area contributed by atoms with Crippen LogP contribution in [-0.2, 0) is 33.2 Å². The van der Waals surface area contributed by atoms with Crippen LogP contribution in [0.5, 0.6) is 0 Å². The van der Waals surface area contributed by atoms with E-state index in [4.69, 9.17) is 28.4 Å². The Hall–Kier alpha value is -2.51. The van der Waals surface area contributed by atoms with Gasteiger partial charge in [0, 0.05) is 6.42 Å². The summed E-state index contributed by atoms with van der Waals surface area (Å²) in [5, 5.41) is 120. The number of carbonyl (C=O) groups excluding carboxylic acids is 1. The van der Waals surface area contributed by atoms with Crippen molar-refractivity contribution in [2.24, 2.45) is 0 Å². The van der Waals surface area contributed by atoms with E-state index < -0.39 is 124 Å². The zero-order valence-electron chi connectivity index (χ0n) is 53.9. The lowest BCUT2D eigenvalue weighted by atomic mass is 9.96. The topological polar surface area (TPSA) is 307 Å². The van der Waals surface area contributed by atoms with Gasteiger partial charge in [0.1, 0.15) is 73.2 Å². The van der Waals surface area contributed by atoms with Crippen LogP contribution < -0.4 is 5.32 Å². The van der Waals surface area contributed by atoms with Gasteiger partial charge >= 0.3 is 0 Å². The Morgan fingerprint density at radius 2 is 0.784 bits per heavy atom. The fraction of sp³-hybridized carbons (Fsp3) is 0.841. The van der Waals surface area contributed by atoms with E-state index in [1.807, 2.05) is 0 Å². The predicted molar refractivity (Wildman–Crippen MR) is 342 cm³/mol. The van der Waals surface area contributed by atoms with Crippen molar-refractivity contribution in [3.8, 4) is 0 Å². The molecule has 0 bridgehead atoms. The summed E-state index contributed by atoms with van der Waals surface area (Å²) in [5.74, 6) is -0.245. The maximum absolute atomic E-state index is 13.4. The first kappa shape index (κ1) is 79.7. The average Bonchev–Trinajstić information content (AvgIpc) is 1.54. The molecule has 0 radical (unpaired) electrons. The Morgan fingerprint density at radius 3 is 1.23 bits per heavy atom. The summed E-state index contributed by atoms with van der Waals surface area (Å²) in [7, 11) is 0. The number of unbranched alkanes of at least 4 members (excludes halogenated alkanes) is 26. The van der Waals surface area contributed by atoms with Crippen molar-refractivity contribution in [1.82, 2.24) is 5.32 Å². The number of hydrogen-bond donors (Lipinski definition) is 12. The second-order valence-electron chi connectivity index (χ2n) is 24.6. The first-order chi connectivity index (χ1) is 42.8. The molecule has 17 atom stereocenters. The van der Waals surface area contributed by atoms with Gasteiger partial charge in [-0.3, -0.25) is 4.79 Å². The number of amides is 1. The van der Waals surface area contributed by atoms with Crippen LogP contribution in [-0.4, -0.2) is 193 Å². The van der Waals surface area contributed by atoms with Crippen LogP contribution in [0.2, 0.25) is 0 Å². The van der Waals surface area contributed by atoms with Gasteiger partial charge in [-0.1, -0.05) is 235 Å². The molecule has 3 saturated heterocycles. The van der Waals surface area contributed by atoms with Crippen LogP contribution in [0.3, 0.4) is 0 Å². The Bertz CT molecular complexity index is 1830. The third-order valence-electron chi connectivity index (χ3n) is 17.1. The zero-order valence-corrected chi connectivity index (χ0v) is 53.9. The van der Waals surface area contributed by atoms with E-state index >= 15 is 0 Å². The highest BCUT2D eigenvalue weighted by molar-refractivity contribution is 5.76. The fourth-order valence-electron chi connectivity index (χ4n) is 11.5. The monoisotopic (exact) mass is 1250 g/mol. The molecular formula is C69H123NO18. The number of ether oxygens (including phenoxy) is 6. The largest absolute Gasteiger partial charge is 0.394 e. The summed E-state index contributed by atoms with van der Waals surface area (Å²) in [5.41, 5.74) is 0. The lowest BCUT2D eigenvalue weighted by Gasteiger charge is -2.48. The van der Waals surface area contributed by atoms with Crippen LogP contribution >= 0.6 is 0 Å². The Morgan fingerprint density at radius 1 is 0.420 bits per heavy atom. The summed E-state index contributed by atoms with van der Waals surface area (Å²) in [4.78, 5) is 13.4. The molecular weight excluding hydrogens is 1130 g/mol. The van der Waals surface area contributed by atoms with Crippen LogP contribution in [0.1, 0.15) is 239 Å². The van der Waals surface area contributed by atoms with Gasteiger partial charge in [0.2, 0.25) is 5.91 Å². The minimum Gasteiger partial charge on any atom is -0.394 e. The lowest BCUT2D eigenvalue weighted by molar-refractivity contribution is -0.379. The van der Waals surface area contributed by atoms with Crippen LogP contribution in [0.25, 0.3) is 0 Å². The zero-order chi connectivity index (χ0) is 64.0. The van der Waals surface area contributed by atoms with Crippen molar-refractivity contribution in [2.75, 3.05) is 26.4 Å². The number of hydrogen-bond acceptors (Lipinski definition) is 18. The molecule has 3 rings (SSSR count). The van der Waals surface area contributed by atoms with Gasteiger partial charge in [-0.05, 0) is 57.8 Å². The van der Waals surface area contributed by atoms with Gasteiger partial charge in [0.15, 0.2) is 18.9 Å². The van der Waals surface area contributed by atoms with E-state index in [1.54, 1.807) is 0 Å². The number of carbonyl (C=O) groups is 1. The maximum atomic E-state index is 13.4. The molecule has 3 fully saturated rings. The molecule has 88 heavy (non-hydrogen) atoms. The van der Waals surface area contributed by atoms with E-state index in [2.05, 4.69) is 79.9 Å². The normalized spacial score (nSPS) is 28.8. The van der Waals surface area contributed by atoms with Gasteiger partial charge in [0.05, 0.1) is 38.6 Å². The molecule has 1 amide bonds. The number of allylic oxidation sites excluding steroid dienone is 10. The maximum Gasteiger partial charge on any atom is 0.220 e. The highest BCUT2D eigenvalue weighted by Gasteiger charge is 2.53. The fourth-order valence-corrected chi connectivity index (χ4v) is 11.5. The summed E-state index contributed by atoms with van der Waals surface area (Å²) < 4.78 is 34.4. The van der Waals surface area contributed by atoms with Gasteiger partial charge in [-0.25, -0.2) is 0 Å². The van der Waals surface area contributed by atoms with Crippen molar-refractivity contribution >= 4 is 5.91 Å². The predicted octanol–water partition coefficient (Wildman–Crippen LogP) is 8.77. The number of rotatable bonds is 52. The van der Waals surface area contributed by atoms with Gasteiger partial charge in [0.25, 0.3) is 0 Å². The molecule has 3 aliphatic rings. The third-order valence-corrected chi connectivity index (χ3v) is 17.1. The summed E-state index contributed by atoms with van der Waals surface area (Å²) in [6.07, 6.45) is 34.6. The third kappa shape index (κ3) is 32.9. The van der Waals surface area contributed by atoms with Crippen LogP contribution in [0.4, 0.5) is 0 Å². The van der Waals surface area contributed by atoms with Crippen molar-refractivity contribution in [1.29, 1.82) is 0 Å². The number of aliphatic hydroxyl groups excluding tert-OH is 11. The molecule has 0 aromatic carbocycles. The lowest BCUT2D eigenvalue weighted by Crippen LogP contribution is -2.66. The van der Waals surface area contributed by atoms with E-state index in [1.165, 1.54) is 128 Å². The van der Waals surface area contributed by atoms with Gasteiger partial charge in [-0.15, -0.1) is 0 Å². The minimum absolute atomic E-state index is 0.245. The summed E-state index contributed by atoms with van der Waals surface area (Å²) >= 11 is 0. The van der Waals surface area contributed by atoms with Crippen molar-refractivity contribution < 1.29 is 89.4 Å². The first-order valence-electron chi connectivity index (χ1n) is 34.5. The molecule has 12 N–H and O–H groups in total. The second kappa shape index (κ2) is 51.0.